The van der Waals surface area contributed by atoms with Crippen molar-refractivity contribution < 1.29 is 3.08 Å². The molecule has 0 aliphatic heterocycles. The summed E-state index contributed by atoms with van der Waals surface area (Å²) in [6.07, 6.45) is 3.70. The fraction of sp³-hybridized carbons (Fsp3) is 0.333. The molecule has 0 aliphatic rings. The van der Waals surface area contributed by atoms with E-state index in [1.54, 1.807) is 0 Å². The van der Waals surface area contributed by atoms with Crippen LogP contribution in [0.2, 0.25) is 0 Å². The number of allylic oxidation sites excluding steroid dienone is 2. The SMILES string of the molecule is CC=[CH][Sn](=[O])[CH]=CC. The van der Waals surface area contributed by atoms with Crippen LogP contribution in [0.1, 0.15) is 13.8 Å². The molecule has 0 saturated heterocycles. The van der Waals surface area contributed by atoms with Crippen LogP contribution in [0.15, 0.2) is 20.3 Å². The molecule has 0 aromatic rings. The van der Waals surface area contributed by atoms with Gasteiger partial charge in [-0.1, -0.05) is 0 Å². The molecule has 0 aromatic heterocycles. The Balaban J connectivity index is 3.66. The van der Waals surface area contributed by atoms with Gasteiger partial charge in [-0.2, -0.15) is 0 Å². The molecule has 0 aromatic carbocycles. The van der Waals surface area contributed by atoms with Crippen LogP contribution in [-0.2, 0) is 3.08 Å². The summed E-state index contributed by atoms with van der Waals surface area (Å²) in [5, 5.41) is 0. The number of rotatable bonds is 2. The van der Waals surface area contributed by atoms with Crippen LogP contribution in [-0.4, -0.2) is 19.7 Å². The maximum absolute atomic E-state index is 10.7. The van der Waals surface area contributed by atoms with Crippen molar-refractivity contribution in [1.82, 2.24) is 0 Å². The molecule has 0 bridgehead atoms. The first-order valence-corrected chi connectivity index (χ1v) is 7.06. The van der Waals surface area contributed by atoms with E-state index in [-0.39, 0.29) is 0 Å². The predicted molar refractivity (Wildman–Crippen MR) is 36.1 cm³/mol. The summed E-state index contributed by atoms with van der Waals surface area (Å²) in [4.78, 5) is 0. The summed E-state index contributed by atoms with van der Waals surface area (Å²) < 4.78 is 14.4. The Labute approximate surface area is 57.2 Å². The van der Waals surface area contributed by atoms with Gasteiger partial charge in [-0.25, -0.2) is 0 Å². The van der Waals surface area contributed by atoms with E-state index < -0.39 is 19.7 Å². The van der Waals surface area contributed by atoms with Crippen LogP contribution in [0.25, 0.3) is 0 Å². The Hall–Kier alpha value is 0.0787. The normalized spacial score (nSPS) is 11.2. The van der Waals surface area contributed by atoms with Gasteiger partial charge in [0.2, 0.25) is 0 Å². The van der Waals surface area contributed by atoms with Crippen molar-refractivity contribution in [2.24, 2.45) is 0 Å². The molecular weight excluding hydrogens is 207 g/mol. The van der Waals surface area contributed by atoms with Crippen LogP contribution in [0.4, 0.5) is 0 Å². The van der Waals surface area contributed by atoms with Crippen LogP contribution in [0.3, 0.4) is 0 Å². The first-order chi connectivity index (χ1) is 3.81. The average molecular weight is 217 g/mol. The Bertz CT molecular complexity index is 110. The monoisotopic (exact) mass is 218 g/mol. The molecule has 0 heterocycles. The van der Waals surface area contributed by atoms with Crippen molar-refractivity contribution in [3.8, 4) is 0 Å². The summed E-state index contributed by atoms with van der Waals surface area (Å²) in [5.74, 6) is 0. The Morgan fingerprint density at radius 2 is 1.50 bits per heavy atom. The average Bonchev–Trinajstić information content (AvgIpc) is 1.68. The maximum atomic E-state index is 10.7. The molecule has 8 heavy (non-hydrogen) atoms. The van der Waals surface area contributed by atoms with Gasteiger partial charge in [0, 0.05) is 0 Å². The van der Waals surface area contributed by atoms with Crippen molar-refractivity contribution in [3.63, 3.8) is 0 Å². The Morgan fingerprint density at radius 1 is 1.12 bits per heavy atom. The van der Waals surface area contributed by atoms with E-state index in [1.807, 2.05) is 34.2 Å². The van der Waals surface area contributed by atoms with Crippen LogP contribution in [0, 0.1) is 0 Å². The van der Waals surface area contributed by atoms with Crippen molar-refractivity contribution in [2.45, 2.75) is 13.8 Å². The third-order valence-corrected chi connectivity index (χ3v) is 4.44. The quantitative estimate of drug-likeness (QED) is 0.642. The standard InChI is InChI=1S/2C3H5.O.Sn/c2*1-3-2;;/h2*1,3H,2H3;;. The fourth-order valence-electron chi connectivity index (χ4n) is 0.384. The molecular formula is C6H10OSn. The first-order valence-electron chi connectivity index (χ1n) is 2.60. The molecule has 0 N–H and O–H groups in total. The summed E-state index contributed by atoms with van der Waals surface area (Å²) in [6.45, 7) is 3.78. The van der Waals surface area contributed by atoms with Gasteiger partial charge in [-0.3, -0.25) is 0 Å². The van der Waals surface area contributed by atoms with Gasteiger partial charge >= 0.3 is 57.0 Å². The second-order valence-electron chi connectivity index (χ2n) is 1.40. The molecule has 0 spiro atoms. The number of hydrogen-bond acceptors (Lipinski definition) is 1. The first kappa shape index (κ1) is 8.08. The minimum absolute atomic E-state index is 1.81. The van der Waals surface area contributed by atoms with Crippen molar-refractivity contribution in [3.05, 3.63) is 20.3 Å². The molecule has 0 radical (unpaired) electrons. The van der Waals surface area contributed by atoms with Crippen LogP contribution in [0.5, 0.6) is 0 Å². The molecule has 0 saturated carbocycles. The van der Waals surface area contributed by atoms with E-state index in [9.17, 15) is 3.08 Å². The predicted octanol–water partition coefficient (Wildman–Crippen LogP) is 1.64. The molecule has 0 aliphatic carbocycles. The molecule has 0 unspecified atom stereocenters. The van der Waals surface area contributed by atoms with Crippen LogP contribution >= 0.6 is 0 Å². The summed E-state index contributed by atoms with van der Waals surface area (Å²) in [7, 11) is 0. The molecule has 1 nitrogen and oxygen atoms in total. The Morgan fingerprint density at radius 3 is 1.75 bits per heavy atom. The second kappa shape index (κ2) is 5.22. The van der Waals surface area contributed by atoms with Crippen molar-refractivity contribution in [1.29, 1.82) is 0 Å². The van der Waals surface area contributed by atoms with Crippen molar-refractivity contribution in [2.75, 3.05) is 0 Å². The summed E-state index contributed by atoms with van der Waals surface area (Å²) in [6, 6.07) is 0. The fourth-order valence-corrected chi connectivity index (χ4v) is 2.58. The summed E-state index contributed by atoms with van der Waals surface area (Å²) in [5.41, 5.74) is 0. The van der Waals surface area contributed by atoms with Gasteiger partial charge < -0.3 is 0 Å². The van der Waals surface area contributed by atoms with Gasteiger partial charge in [0.25, 0.3) is 0 Å². The van der Waals surface area contributed by atoms with Crippen LogP contribution < -0.4 is 0 Å². The molecule has 0 atom stereocenters. The third kappa shape index (κ3) is 4.24. The van der Waals surface area contributed by atoms with Gasteiger partial charge in [0.1, 0.15) is 0 Å². The zero-order chi connectivity index (χ0) is 6.41. The topological polar surface area (TPSA) is 17.1 Å². The van der Waals surface area contributed by atoms with Crippen molar-refractivity contribution >= 4 is 19.7 Å². The van der Waals surface area contributed by atoms with Gasteiger partial charge in [0.05, 0.1) is 0 Å². The third-order valence-electron chi connectivity index (χ3n) is 0.662. The van der Waals surface area contributed by atoms with Gasteiger partial charge in [-0.15, -0.1) is 0 Å². The molecule has 44 valence electrons. The molecule has 0 rings (SSSR count). The van der Waals surface area contributed by atoms with E-state index >= 15 is 0 Å². The second-order valence-corrected chi connectivity index (χ2v) is 5.60. The number of hydrogen-bond donors (Lipinski definition) is 0. The molecule has 0 amide bonds. The van der Waals surface area contributed by atoms with Gasteiger partial charge in [-0.05, 0) is 0 Å². The van der Waals surface area contributed by atoms with E-state index in [1.165, 1.54) is 0 Å². The Kier molecular flexibility index (Phi) is 5.27. The van der Waals surface area contributed by atoms with E-state index in [0.717, 1.165) is 0 Å². The van der Waals surface area contributed by atoms with Gasteiger partial charge in [0.15, 0.2) is 0 Å². The zero-order valence-corrected chi connectivity index (χ0v) is 8.07. The van der Waals surface area contributed by atoms with E-state index in [4.69, 9.17) is 0 Å². The molecule has 0 fully saturated rings. The zero-order valence-electron chi connectivity index (χ0n) is 5.22. The summed E-state index contributed by atoms with van der Waals surface area (Å²) >= 11 is -2.30. The van der Waals surface area contributed by atoms with E-state index in [0.29, 0.717) is 0 Å². The minimum atomic E-state index is -2.30. The molecule has 2 heteroatoms. The van der Waals surface area contributed by atoms with E-state index in [2.05, 4.69) is 0 Å².